The van der Waals surface area contributed by atoms with E-state index in [1.807, 2.05) is 66.7 Å². The van der Waals surface area contributed by atoms with Crippen LogP contribution in [0, 0.1) is 0 Å². The maximum Gasteiger partial charge on any atom is 0.164 e. The summed E-state index contributed by atoms with van der Waals surface area (Å²) in [7, 11) is 0. The zero-order valence-electron chi connectivity index (χ0n) is 32.9. The minimum Gasteiger partial charge on any atom is -0.208 e. The van der Waals surface area contributed by atoms with Crippen LogP contribution >= 0.6 is 0 Å². The topological polar surface area (TPSA) is 38.7 Å². The summed E-state index contributed by atoms with van der Waals surface area (Å²) in [5.74, 6) is 1.67. The Morgan fingerprint density at radius 3 is 1.54 bits per heavy atom. The Labute approximate surface area is 308 Å². The molecule has 0 fully saturated rings. The average Bonchev–Trinajstić information content (AvgIpc) is 3.27. The fourth-order valence-electron chi connectivity index (χ4n) is 7.22. The molecule has 3 nitrogen and oxygen atoms in total. The monoisotopic (exact) mass is 666 g/mol. The van der Waals surface area contributed by atoms with Crippen molar-refractivity contribution in [2.24, 2.45) is 0 Å². The number of benzene rings is 9. The highest BCUT2D eigenvalue weighted by molar-refractivity contribution is 6.08. The quantitative estimate of drug-likeness (QED) is 0.172. The van der Waals surface area contributed by atoms with Gasteiger partial charge in [-0.25, -0.2) is 15.0 Å². The van der Waals surface area contributed by atoms with Crippen LogP contribution in [-0.4, -0.2) is 15.0 Å². The second-order valence-electron chi connectivity index (χ2n) is 12.9. The van der Waals surface area contributed by atoms with Crippen molar-refractivity contribution in [2.45, 2.75) is 0 Å². The van der Waals surface area contributed by atoms with Gasteiger partial charge in [0.05, 0.1) is 6.85 Å². The van der Waals surface area contributed by atoms with Crippen LogP contribution in [-0.2, 0) is 0 Å². The summed E-state index contributed by atoms with van der Waals surface area (Å²) < 4.78 is 42.0. The summed E-state index contributed by atoms with van der Waals surface area (Å²) in [6, 6.07) is 51.6. The Morgan fingerprint density at radius 2 is 0.808 bits per heavy atom. The van der Waals surface area contributed by atoms with Crippen molar-refractivity contribution < 1.29 is 6.85 Å². The molecule has 0 saturated heterocycles. The van der Waals surface area contributed by atoms with Gasteiger partial charge in [0.15, 0.2) is 17.5 Å². The number of fused-ring (bicyclic) bond motifs is 5. The fourth-order valence-corrected chi connectivity index (χ4v) is 7.22. The average molecular weight is 667 g/mol. The van der Waals surface area contributed by atoms with E-state index in [2.05, 4.69) is 91.0 Å². The second-order valence-corrected chi connectivity index (χ2v) is 12.9. The minimum atomic E-state index is -0.411. The summed E-state index contributed by atoms with van der Waals surface area (Å²) in [6.07, 6.45) is 0. The van der Waals surface area contributed by atoms with Gasteiger partial charge in [0.25, 0.3) is 0 Å². The van der Waals surface area contributed by atoms with E-state index in [1.54, 1.807) is 0 Å². The molecule has 3 heteroatoms. The lowest BCUT2D eigenvalue weighted by Gasteiger charge is -2.13. The maximum absolute atomic E-state index is 8.67. The number of hydrogen-bond acceptors (Lipinski definition) is 3. The molecule has 0 N–H and O–H groups in total. The Kier molecular flexibility index (Phi) is 5.98. The largest absolute Gasteiger partial charge is 0.208 e. The van der Waals surface area contributed by atoms with Crippen LogP contribution in [0.4, 0.5) is 0 Å². The molecular weight excluding hydrogens is 631 g/mol. The van der Waals surface area contributed by atoms with Crippen LogP contribution in [0.5, 0.6) is 0 Å². The van der Waals surface area contributed by atoms with Crippen molar-refractivity contribution >= 4 is 43.1 Å². The molecule has 242 valence electrons. The SMILES string of the molecule is [2H]c1c([2H])c([2H])c(-c2ccc(-c3cccc(-c4nc(-c5ccc6ccccc6c5)nc(-c5ccc6c(ccc7ccccc76)c5)n4)c3)c3ccccc23)c([2H])c1[2H]. The zero-order chi connectivity index (χ0) is 38.8. The first-order chi connectivity index (χ1) is 27.8. The molecular formula is C49H31N3. The highest BCUT2D eigenvalue weighted by Crippen LogP contribution is 2.37. The Morgan fingerprint density at radius 1 is 0.308 bits per heavy atom. The normalized spacial score (nSPS) is 12.8. The molecule has 0 aliphatic heterocycles. The molecule has 0 amide bonds. The van der Waals surface area contributed by atoms with Gasteiger partial charge in [-0.1, -0.05) is 170 Å². The molecule has 10 aromatic rings. The van der Waals surface area contributed by atoms with E-state index in [0.717, 1.165) is 54.7 Å². The van der Waals surface area contributed by atoms with Crippen LogP contribution in [0.1, 0.15) is 6.85 Å². The molecule has 1 heterocycles. The van der Waals surface area contributed by atoms with E-state index in [-0.39, 0.29) is 29.7 Å². The van der Waals surface area contributed by atoms with E-state index >= 15 is 0 Å². The lowest BCUT2D eigenvalue weighted by molar-refractivity contribution is 1.08. The van der Waals surface area contributed by atoms with Gasteiger partial charge in [-0.2, -0.15) is 0 Å². The van der Waals surface area contributed by atoms with Gasteiger partial charge in [0.1, 0.15) is 0 Å². The summed E-state index contributed by atoms with van der Waals surface area (Å²) in [5, 5.41) is 8.54. The van der Waals surface area contributed by atoms with Crippen LogP contribution in [0.3, 0.4) is 0 Å². The minimum absolute atomic E-state index is 0.179. The third kappa shape index (κ3) is 5.28. The Bertz CT molecular complexity index is 3240. The van der Waals surface area contributed by atoms with Crippen molar-refractivity contribution in [1.82, 2.24) is 15.0 Å². The summed E-state index contributed by atoms with van der Waals surface area (Å²) in [5.41, 5.74) is 5.18. The Hall–Kier alpha value is -6.97. The smallest absolute Gasteiger partial charge is 0.164 e. The predicted octanol–water partition coefficient (Wildman–Crippen LogP) is 12.8. The fraction of sp³-hybridized carbons (Fsp3) is 0. The second kappa shape index (κ2) is 12.4. The highest BCUT2D eigenvalue weighted by atomic mass is 15.0. The zero-order valence-corrected chi connectivity index (χ0v) is 27.9. The van der Waals surface area contributed by atoms with Gasteiger partial charge in [0.2, 0.25) is 0 Å². The van der Waals surface area contributed by atoms with Gasteiger partial charge in [-0.3, -0.25) is 0 Å². The van der Waals surface area contributed by atoms with E-state index in [1.165, 1.54) is 16.2 Å². The standard InChI is InChI=1S/C49H31N3/c1-2-12-33(13-3-1)42-27-28-44(46-20-9-8-19-45(42)46)36-16-10-17-38(30-36)47-50-48(39-24-21-32-11-4-5-15-35(32)29-39)52-49(51-47)40-25-26-43-37(31-40)23-22-34-14-6-7-18-41(34)43/h1-31H/i1D,2D,3D,12D,13D. The number of aromatic nitrogens is 3. The van der Waals surface area contributed by atoms with Crippen molar-refractivity contribution in [3.8, 4) is 56.4 Å². The molecule has 0 spiro atoms. The molecule has 52 heavy (non-hydrogen) atoms. The third-order valence-corrected chi connectivity index (χ3v) is 9.77. The number of hydrogen-bond donors (Lipinski definition) is 0. The molecule has 0 bridgehead atoms. The first kappa shape index (κ1) is 25.1. The molecule has 0 saturated carbocycles. The van der Waals surface area contributed by atoms with Crippen LogP contribution in [0.25, 0.3) is 99.5 Å². The molecule has 9 aromatic carbocycles. The van der Waals surface area contributed by atoms with Gasteiger partial charge >= 0.3 is 0 Å². The van der Waals surface area contributed by atoms with Gasteiger partial charge in [-0.15, -0.1) is 0 Å². The third-order valence-electron chi connectivity index (χ3n) is 9.77. The first-order valence-electron chi connectivity index (χ1n) is 19.7. The van der Waals surface area contributed by atoms with Gasteiger partial charge in [0, 0.05) is 16.7 Å². The van der Waals surface area contributed by atoms with Crippen molar-refractivity contribution in [1.29, 1.82) is 0 Å². The number of nitrogens with zero attached hydrogens (tertiary/aromatic N) is 3. The van der Waals surface area contributed by atoms with Gasteiger partial charge < -0.3 is 0 Å². The highest BCUT2D eigenvalue weighted by Gasteiger charge is 2.16. The van der Waals surface area contributed by atoms with Crippen molar-refractivity contribution in [2.75, 3.05) is 0 Å². The lowest BCUT2D eigenvalue weighted by Crippen LogP contribution is -2.00. The van der Waals surface area contributed by atoms with E-state index in [9.17, 15) is 0 Å². The molecule has 10 rings (SSSR count). The summed E-state index contributed by atoms with van der Waals surface area (Å²) in [4.78, 5) is 15.3. The Balaban J connectivity index is 1.13. The lowest BCUT2D eigenvalue weighted by atomic mass is 9.91. The molecule has 1 aromatic heterocycles. The van der Waals surface area contributed by atoms with Gasteiger partial charge in [-0.05, 0) is 83.5 Å². The van der Waals surface area contributed by atoms with E-state index in [0.29, 0.717) is 23.0 Å². The van der Waals surface area contributed by atoms with E-state index < -0.39 is 6.04 Å². The predicted molar refractivity (Wildman–Crippen MR) is 217 cm³/mol. The van der Waals surface area contributed by atoms with Crippen molar-refractivity contribution in [3.05, 3.63) is 188 Å². The summed E-state index contributed by atoms with van der Waals surface area (Å²) >= 11 is 0. The van der Waals surface area contributed by atoms with Crippen molar-refractivity contribution in [3.63, 3.8) is 0 Å². The van der Waals surface area contributed by atoms with Crippen LogP contribution < -0.4 is 0 Å². The van der Waals surface area contributed by atoms with E-state index in [4.69, 9.17) is 21.8 Å². The molecule has 0 unspecified atom stereocenters. The number of rotatable bonds is 5. The first-order valence-corrected chi connectivity index (χ1v) is 17.2. The maximum atomic E-state index is 8.67. The van der Waals surface area contributed by atoms with Crippen LogP contribution in [0.15, 0.2) is 188 Å². The molecule has 0 radical (unpaired) electrons. The molecule has 0 aliphatic carbocycles. The molecule has 0 aliphatic rings. The van der Waals surface area contributed by atoms with Crippen LogP contribution in [0.2, 0.25) is 0 Å². The molecule has 0 atom stereocenters. The summed E-state index contributed by atoms with van der Waals surface area (Å²) in [6.45, 7) is 0.